The fourth-order valence-corrected chi connectivity index (χ4v) is 4.94. The number of amides is 2. The number of carbonyl (C=O) groups is 2. The van der Waals surface area contributed by atoms with Gasteiger partial charge in [0.2, 0.25) is 11.8 Å². The number of fused-ring (bicyclic) bond motifs is 4. The highest BCUT2D eigenvalue weighted by molar-refractivity contribution is 5.99. The molecule has 174 valence electrons. The van der Waals surface area contributed by atoms with E-state index in [1.54, 1.807) is 6.20 Å². The first-order chi connectivity index (χ1) is 16.5. The third-order valence-corrected chi connectivity index (χ3v) is 7.13. The summed E-state index contributed by atoms with van der Waals surface area (Å²) < 4.78 is 0. The fourth-order valence-electron chi connectivity index (χ4n) is 4.94. The second kappa shape index (κ2) is 9.29. The van der Waals surface area contributed by atoms with Crippen LogP contribution in [0.5, 0.6) is 0 Å². The number of hydrogen-bond acceptors (Lipinski definition) is 3. The van der Waals surface area contributed by atoms with Gasteiger partial charge in [0.15, 0.2) is 0 Å². The predicted octanol–water partition coefficient (Wildman–Crippen LogP) is 4.99. The minimum Gasteiger partial charge on any atom is -0.358 e. The molecule has 4 aromatic rings. The number of anilines is 1. The van der Waals surface area contributed by atoms with Crippen LogP contribution < -0.4 is 10.6 Å². The number of benzene rings is 2. The maximum absolute atomic E-state index is 13.3. The summed E-state index contributed by atoms with van der Waals surface area (Å²) in [6.07, 6.45) is 4.85. The van der Waals surface area contributed by atoms with Crippen molar-refractivity contribution in [3.8, 4) is 0 Å². The first-order valence-corrected chi connectivity index (χ1v) is 12.1. The van der Waals surface area contributed by atoms with Gasteiger partial charge < -0.3 is 15.6 Å². The highest BCUT2D eigenvalue weighted by atomic mass is 16.2. The molecule has 1 aliphatic carbocycles. The SMILES string of the molecule is CCC(C)[C@H](NC(=O)C1CCc2[nH]c3ccccc3c2C1)C(=O)Nc1ccc2ncccc2c1. The van der Waals surface area contributed by atoms with Gasteiger partial charge in [-0.1, -0.05) is 44.5 Å². The van der Waals surface area contributed by atoms with Crippen LogP contribution in [-0.2, 0) is 22.4 Å². The van der Waals surface area contributed by atoms with Gasteiger partial charge in [-0.05, 0) is 61.1 Å². The van der Waals surface area contributed by atoms with Gasteiger partial charge in [-0.15, -0.1) is 0 Å². The average molecular weight is 455 g/mol. The predicted molar refractivity (Wildman–Crippen MR) is 136 cm³/mol. The lowest BCUT2D eigenvalue weighted by Gasteiger charge is -2.28. The van der Waals surface area contributed by atoms with Crippen LogP contribution in [0, 0.1) is 11.8 Å². The van der Waals surface area contributed by atoms with E-state index in [4.69, 9.17) is 0 Å². The van der Waals surface area contributed by atoms with Gasteiger partial charge in [-0.25, -0.2) is 0 Å². The van der Waals surface area contributed by atoms with Crippen molar-refractivity contribution >= 4 is 39.3 Å². The molecule has 1 aliphatic rings. The quantitative estimate of drug-likeness (QED) is 0.384. The Hall–Kier alpha value is -3.67. The molecule has 3 atom stereocenters. The number of aromatic amines is 1. The second-order valence-corrected chi connectivity index (χ2v) is 9.34. The van der Waals surface area contributed by atoms with Crippen molar-refractivity contribution in [1.29, 1.82) is 0 Å². The van der Waals surface area contributed by atoms with Gasteiger partial charge >= 0.3 is 0 Å². The molecule has 2 aromatic heterocycles. The molecule has 6 heteroatoms. The van der Waals surface area contributed by atoms with Crippen LogP contribution in [0.3, 0.4) is 0 Å². The van der Waals surface area contributed by atoms with Gasteiger partial charge in [-0.2, -0.15) is 0 Å². The molecule has 0 aliphatic heterocycles. The summed E-state index contributed by atoms with van der Waals surface area (Å²) in [6, 6.07) is 17.1. The van der Waals surface area contributed by atoms with Crippen LogP contribution >= 0.6 is 0 Å². The molecular weight excluding hydrogens is 424 g/mol. The summed E-state index contributed by atoms with van der Waals surface area (Å²) >= 11 is 0. The minimum absolute atomic E-state index is 0.0123. The van der Waals surface area contributed by atoms with E-state index < -0.39 is 6.04 Å². The summed E-state index contributed by atoms with van der Waals surface area (Å²) in [7, 11) is 0. The van der Waals surface area contributed by atoms with E-state index in [-0.39, 0.29) is 23.7 Å². The monoisotopic (exact) mass is 454 g/mol. The zero-order valence-corrected chi connectivity index (χ0v) is 19.6. The number of aryl methyl sites for hydroxylation is 1. The van der Waals surface area contributed by atoms with Crippen molar-refractivity contribution in [2.45, 2.75) is 45.6 Å². The summed E-state index contributed by atoms with van der Waals surface area (Å²) in [6.45, 7) is 4.05. The van der Waals surface area contributed by atoms with E-state index in [9.17, 15) is 9.59 Å². The Morgan fingerprint density at radius 3 is 2.85 bits per heavy atom. The summed E-state index contributed by atoms with van der Waals surface area (Å²) in [5, 5.41) is 8.25. The van der Waals surface area contributed by atoms with Crippen LogP contribution in [-0.4, -0.2) is 27.8 Å². The minimum atomic E-state index is -0.591. The molecule has 6 nitrogen and oxygen atoms in total. The molecule has 0 radical (unpaired) electrons. The van der Waals surface area contributed by atoms with Crippen molar-refractivity contribution < 1.29 is 9.59 Å². The highest BCUT2D eigenvalue weighted by Gasteiger charge is 2.32. The molecule has 0 spiro atoms. The third kappa shape index (κ3) is 4.28. The third-order valence-electron chi connectivity index (χ3n) is 7.13. The Morgan fingerprint density at radius 2 is 2.00 bits per heavy atom. The lowest BCUT2D eigenvalue weighted by molar-refractivity contribution is -0.130. The molecular formula is C28H30N4O2. The van der Waals surface area contributed by atoms with Crippen LogP contribution in [0.1, 0.15) is 37.9 Å². The molecule has 0 saturated carbocycles. The van der Waals surface area contributed by atoms with Gasteiger partial charge in [0.1, 0.15) is 6.04 Å². The largest absolute Gasteiger partial charge is 0.358 e. The molecule has 2 heterocycles. The van der Waals surface area contributed by atoms with Gasteiger partial charge in [0.25, 0.3) is 0 Å². The summed E-state index contributed by atoms with van der Waals surface area (Å²) in [5.74, 6) is -0.357. The maximum atomic E-state index is 13.3. The molecule has 3 N–H and O–H groups in total. The molecule has 0 saturated heterocycles. The van der Waals surface area contributed by atoms with E-state index in [1.165, 1.54) is 16.6 Å². The highest BCUT2D eigenvalue weighted by Crippen LogP contribution is 2.32. The standard InChI is InChI=1S/C28H30N4O2/c1-3-17(2)26(28(34)30-20-11-13-23-18(15-20)7-6-14-29-23)32-27(33)19-10-12-25-22(16-19)21-8-4-5-9-24(21)31-25/h4-9,11,13-15,17,19,26,31H,3,10,12,16H2,1-2H3,(H,30,34)(H,32,33)/t17?,19?,26-/m0/s1. The summed E-state index contributed by atoms with van der Waals surface area (Å²) in [5.41, 5.74) is 5.16. The van der Waals surface area contributed by atoms with E-state index in [0.717, 1.165) is 35.7 Å². The molecule has 2 amide bonds. The normalized spacial score (nSPS) is 17.2. The number of rotatable bonds is 6. The second-order valence-electron chi connectivity index (χ2n) is 9.34. The van der Waals surface area contributed by atoms with Gasteiger partial charge in [0.05, 0.1) is 5.52 Å². The smallest absolute Gasteiger partial charge is 0.247 e. The number of hydrogen-bond donors (Lipinski definition) is 3. The van der Waals surface area contributed by atoms with E-state index >= 15 is 0 Å². The van der Waals surface area contributed by atoms with E-state index in [1.807, 2.05) is 56.3 Å². The first-order valence-electron chi connectivity index (χ1n) is 12.1. The lowest BCUT2D eigenvalue weighted by Crippen LogP contribution is -2.50. The van der Waals surface area contributed by atoms with Crippen LogP contribution in [0.25, 0.3) is 21.8 Å². The molecule has 2 aromatic carbocycles. The Labute approximate surface area is 199 Å². The number of nitrogens with zero attached hydrogens (tertiary/aromatic N) is 1. The maximum Gasteiger partial charge on any atom is 0.247 e. The topological polar surface area (TPSA) is 86.9 Å². The Balaban J connectivity index is 1.31. The number of aromatic nitrogens is 2. The zero-order valence-electron chi connectivity index (χ0n) is 19.6. The van der Waals surface area contributed by atoms with Crippen LogP contribution in [0.2, 0.25) is 0 Å². The number of carbonyl (C=O) groups excluding carboxylic acids is 2. The Morgan fingerprint density at radius 1 is 1.15 bits per heavy atom. The van der Waals surface area contributed by atoms with E-state index in [2.05, 4.69) is 32.7 Å². The molecule has 5 rings (SSSR count). The van der Waals surface area contributed by atoms with Crippen molar-refractivity contribution in [3.63, 3.8) is 0 Å². The van der Waals surface area contributed by atoms with Crippen molar-refractivity contribution in [2.24, 2.45) is 11.8 Å². The van der Waals surface area contributed by atoms with Crippen LogP contribution in [0.15, 0.2) is 60.8 Å². The van der Waals surface area contributed by atoms with Gasteiger partial charge in [0, 0.05) is 39.8 Å². The molecule has 0 bridgehead atoms. The Bertz CT molecular complexity index is 1360. The lowest BCUT2D eigenvalue weighted by atomic mass is 9.85. The number of nitrogens with one attached hydrogen (secondary N) is 3. The average Bonchev–Trinajstić information content (AvgIpc) is 3.24. The van der Waals surface area contributed by atoms with Crippen molar-refractivity contribution in [2.75, 3.05) is 5.32 Å². The van der Waals surface area contributed by atoms with Crippen LogP contribution in [0.4, 0.5) is 5.69 Å². The van der Waals surface area contributed by atoms with Gasteiger partial charge in [-0.3, -0.25) is 14.6 Å². The first kappa shape index (κ1) is 22.1. The van der Waals surface area contributed by atoms with E-state index in [0.29, 0.717) is 12.1 Å². The fraction of sp³-hybridized carbons (Fsp3) is 0.321. The molecule has 0 fully saturated rings. The van der Waals surface area contributed by atoms with Crippen molar-refractivity contribution in [1.82, 2.24) is 15.3 Å². The zero-order chi connectivity index (χ0) is 23.7. The molecule has 2 unspecified atom stereocenters. The summed E-state index contributed by atoms with van der Waals surface area (Å²) in [4.78, 5) is 34.4. The molecule has 34 heavy (non-hydrogen) atoms. The number of H-pyrrole nitrogens is 1. The Kier molecular flexibility index (Phi) is 6.05. The van der Waals surface area contributed by atoms with Crippen molar-refractivity contribution in [3.05, 3.63) is 72.1 Å². The number of para-hydroxylation sites is 1. The number of pyridine rings is 1.